The Bertz CT molecular complexity index is 678. The number of para-hydroxylation sites is 1. The molecule has 0 bridgehead atoms. The first kappa shape index (κ1) is 14.2. The quantitative estimate of drug-likeness (QED) is 0.905. The first-order valence-electron chi connectivity index (χ1n) is 8.07. The molecule has 3 heteroatoms. The third-order valence-corrected chi connectivity index (χ3v) is 4.92. The Hall–Kier alpha value is -1.77. The molecular formula is C18H24N2O. The molecule has 1 aromatic heterocycles. The van der Waals surface area contributed by atoms with E-state index in [1.807, 2.05) is 19.1 Å². The molecule has 0 atom stereocenters. The van der Waals surface area contributed by atoms with Gasteiger partial charge in [0.05, 0.1) is 11.1 Å². The maximum absolute atomic E-state index is 11.9. The van der Waals surface area contributed by atoms with Gasteiger partial charge in [-0.2, -0.15) is 0 Å². The van der Waals surface area contributed by atoms with Crippen LogP contribution in [0, 0.1) is 6.92 Å². The Morgan fingerprint density at radius 1 is 1.29 bits per heavy atom. The topological polar surface area (TPSA) is 48.0 Å². The number of nitrogens with zero attached hydrogens (tertiary/aromatic N) is 1. The van der Waals surface area contributed by atoms with Gasteiger partial charge in [-0.15, -0.1) is 0 Å². The van der Waals surface area contributed by atoms with Crippen LogP contribution in [0.5, 0.6) is 0 Å². The number of carbonyl (C=O) groups excluding carboxylic acids is 1. The Morgan fingerprint density at radius 2 is 2.00 bits per heavy atom. The number of amides is 1. The van der Waals surface area contributed by atoms with Gasteiger partial charge in [-0.1, -0.05) is 44.4 Å². The fourth-order valence-electron chi connectivity index (χ4n) is 3.95. The number of hydrogen-bond acceptors (Lipinski definition) is 1. The van der Waals surface area contributed by atoms with Crippen molar-refractivity contribution in [3.8, 4) is 0 Å². The van der Waals surface area contributed by atoms with Crippen molar-refractivity contribution in [1.82, 2.24) is 4.57 Å². The summed E-state index contributed by atoms with van der Waals surface area (Å²) in [6.45, 7) is 4.22. The highest BCUT2D eigenvalue weighted by atomic mass is 16.1. The summed E-state index contributed by atoms with van der Waals surface area (Å²) >= 11 is 0. The molecule has 112 valence electrons. The lowest BCUT2D eigenvalue weighted by Crippen LogP contribution is -2.17. The highest BCUT2D eigenvalue weighted by Gasteiger charge is 2.25. The molecule has 1 saturated carbocycles. The smallest absolute Gasteiger partial charge is 0.251 e. The van der Waals surface area contributed by atoms with Gasteiger partial charge in [0.1, 0.15) is 0 Å². The first-order valence-corrected chi connectivity index (χ1v) is 8.07. The maximum atomic E-state index is 11.9. The molecule has 1 aliphatic rings. The van der Waals surface area contributed by atoms with E-state index in [9.17, 15) is 4.79 Å². The summed E-state index contributed by atoms with van der Waals surface area (Å²) < 4.78 is 2.41. The number of aromatic nitrogens is 1. The van der Waals surface area contributed by atoms with Crippen LogP contribution >= 0.6 is 0 Å². The van der Waals surface area contributed by atoms with Crippen LogP contribution in [0.1, 0.15) is 66.7 Å². The van der Waals surface area contributed by atoms with Crippen molar-refractivity contribution in [2.75, 3.05) is 0 Å². The number of hydrogen-bond donors (Lipinski definition) is 1. The van der Waals surface area contributed by atoms with Crippen LogP contribution in [0.25, 0.3) is 10.9 Å². The summed E-state index contributed by atoms with van der Waals surface area (Å²) in [5.74, 6) is -0.305. The van der Waals surface area contributed by atoms with Crippen molar-refractivity contribution in [3.05, 3.63) is 35.0 Å². The number of rotatable bonds is 3. The molecule has 2 aromatic rings. The number of aryl methyl sites for hydroxylation is 1. The molecule has 3 nitrogen and oxygen atoms in total. The highest BCUT2D eigenvalue weighted by molar-refractivity contribution is 6.08. The highest BCUT2D eigenvalue weighted by Crippen LogP contribution is 2.37. The van der Waals surface area contributed by atoms with Crippen molar-refractivity contribution in [3.63, 3.8) is 0 Å². The minimum absolute atomic E-state index is 0.305. The molecule has 0 spiro atoms. The second kappa shape index (κ2) is 5.55. The lowest BCUT2D eigenvalue weighted by Gasteiger charge is -2.26. The third kappa shape index (κ3) is 2.25. The largest absolute Gasteiger partial charge is 0.366 e. The molecule has 0 radical (unpaired) electrons. The van der Waals surface area contributed by atoms with E-state index in [1.54, 1.807) is 0 Å². The summed E-state index contributed by atoms with van der Waals surface area (Å²) in [6.07, 6.45) is 7.29. The van der Waals surface area contributed by atoms with Crippen LogP contribution in [0.2, 0.25) is 0 Å². The summed E-state index contributed by atoms with van der Waals surface area (Å²) in [6, 6.07) is 6.77. The zero-order valence-electron chi connectivity index (χ0n) is 13.0. The Labute approximate surface area is 126 Å². The number of primary amides is 1. The Kier molecular flexibility index (Phi) is 3.75. The standard InChI is InChI=1S/C18H24N2O/c1-3-13-8-7-11-15-16(18(19)21)12(2)20(17(13)15)14-9-5-4-6-10-14/h7-8,11,14H,3-6,9-10H2,1-2H3,(H2,19,21). The molecule has 0 aliphatic heterocycles. The van der Waals surface area contributed by atoms with Crippen molar-refractivity contribution >= 4 is 16.8 Å². The summed E-state index contributed by atoms with van der Waals surface area (Å²) in [5, 5.41) is 1.03. The van der Waals surface area contributed by atoms with Crippen LogP contribution in [0.4, 0.5) is 0 Å². The third-order valence-electron chi connectivity index (χ3n) is 4.92. The van der Waals surface area contributed by atoms with Crippen molar-refractivity contribution in [2.24, 2.45) is 5.73 Å². The van der Waals surface area contributed by atoms with Gasteiger partial charge in [-0.25, -0.2) is 0 Å². The van der Waals surface area contributed by atoms with Gasteiger partial charge in [0, 0.05) is 17.1 Å². The van der Waals surface area contributed by atoms with Crippen LogP contribution < -0.4 is 5.73 Å². The monoisotopic (exact) mass is 284 g/mol. The van der Waals surface area contributed by atoms with Gasteiger partial charge in [0.15, 0.2) is 0 Å². The van der Waals surface area contributed by atoms with Crippen LogP contribution in [-0.4, -0.2) is 10.5 Å². The van der Waals surface area contributed by atoms with Crippen molar-refractivity contribution < 1.29 is 4.79 Å². The predicted octanol–water partition coefficient (Wildman–Crippen LogP) is 4.12. The van der Waals surface area contributed by atoms with E-state index in [-0.39, 0.29) is 5.91 Å². The Morgan fingerprint density at radius 3 is 2.62 bits per heavy atom. The number of nitrogens with two attached hydrogens (primary N) is 1. The van der Waals surface area contributed by atoms with E-state index in [2.05, 4.69) is 17.6 Å². The number of fused-ring (bicyclic) bond motifs is 1. The summed E-state index contributed by atoms with van der Waals surface area (Å²) in [7, 11) is 0. The number of benzene rings is 1. The first-order chi connectivity index (χ1) is 10.1. The average Bonchev–Trinajstić information content (AvgIpc) is 2.80. The van der Waals surface area contributed by atoms with Gasteiger partial charge in [-0.3, -0.25) is 4.79 Å². The van der Waals surface area contributed by atoms with E-state index in [0.717, 1.165) is 17.5 Å². The molecule has 0 unspecified atom stereocenters. The van der Waals surface area contributed by atoms with Gasteiger partial charge < -0.3 is 10.3 Å². The van der Waals surface area contributed by atoms with Gasteiger partial charge in [0.2, 0.25) is 0 Å². The van der Waals surface area contributed by atoms with E-state index >= 15 is 0 Å². The van der Waals surface area contributed by atoms with E-state index in [4.69, 9.17) is 5.73 Å². The Balaban J connectivity index is 2.30. The minimum atomic E-state index is -0.305. The average molecular weight is 284 g/mol. The second-order valence-electron chi connectivity index (χ2n) is 6.15. The molecule has 1 aromatic carbocycles. The van der Waals surface area contributed by atoms with Crippen LogP contribution in [-0.2, 0) is 6.42 Å². The van der Waals surface area contributed by atoms with E-state index in [0.29, 0.717) is 11.6 Å². The SMILES string of the molecule is CCc1cccc2c(C(N)=O)c(C)n(C3CCCCC3)c12. The van der Waals surface area contributed by atoms with Gasteiger partial charge in [0.25, 0.3) is 5.91 Å². The molecular weight excluding hydrogens is 260 g/mol. The fraction of sp³-hybridized carbons (Fsp3) is 0.500. The molecule has 1 amide bonds. The van der Waals surface area contributed by atoms with E-state index in [1.165, 1.54) is 43.2 Å². The molecule has 2 N–H and O–H groups in total. The maximum Gasteiger partial charge on any atom is 0.251 e. The zero-order valence-corrected chi connectivity index (χ0v) is 13.0. The summed E-state index contributed by atoms with van der Waals surface area (Å²) in [5.41, 5.74) is 9.97. The molecule has 1 heterocycles. The lowest BCUT2D eigenvalue weighted by atomic mass is 9.95. The molecule has 21 heavy (non-hydrogen) atoms. The predicted molar refractivity (Wildman–Crippen MR) is 86.7 cm³/mol. The summed E-state index contributed by atoms with van der Waals surface area (Å²) in [4.78, 5) is 11.9. The van der Waals surface area contributed by atoms with Crippen LogP contribution in [0.3, 0.4) is 0 Å². The minimum Gasteiger partial charge on any atom is -0.366 e. The molecule has 3 rings (SSSR count). The zero-order chi connectivity index (χ0) is 15.0. The van der Waals surface area contributed by atoms with Crippen molar-refractivity contribution in [1.29, 1.82) is 0 Å². The normalized spacial score (nSPS) is 16.5. The van der Waals surface area contributed by atoms with Crippen LogP contribution in [0.15, 0.2) is 18.2 Å². The van der Waals surface area contributed by atoms with Gasteiger partial charge in [-0.05, 0) is 31.7 Å². The van der Waals surface area contributed by atoms with Gasteiger partial charge >= 0.3 is 0 Å². The molecule has 1 aliphatic carbocycles. The molecule has 1 fully saturated rings. The van der Waals surface area contributed by atoms with E-state index < -0.39 is 0 Å². The second-order valence-corrected chi connectivity index (χ2v) is 6.15. The number of carbonyl (C=O) groups is 1. The lowest BCUT2D eigenvalue weighted by molar-refractivity contribution is 0.100. The fourth-order valence-corrected chi connectivity index (χ4v) is 3.95. The molecule has 0 saturated heterocycles. The van der Waals surface area contributed by atoms with Crippen molar-refractivity contribution in [2.45, 2.75) is 58.4 Å².